The summed E-state index contributed by atoms with van der Waals surface area (Å²) in [6.07, 6.45) is 0. The summed E-state index contributed by atoms with van der Waals surface area (Å²) >= 11 is 0. The minimum atomic E-state index is -0.516. The number of benzene rings is 2. The number of carbonyl (C=O) groups is 1. The summed E-state index contributed by atoms with van der Waals surface area (Å²) in [5, 5.41) is 3.24. The highest BCUT2D eigenvalue weighted by atomic mass is 19.1. The van der Waals surface area contributed by atoms with Crippen LogP contribution in [0.1, 0.15) is 11.3 Å². The average Bonchev–Trinajstić information content (AvgIpc) is 3.07. The molecule has 3 aromatic rings. The lowest BCUT2D eigenvalue weighted by Gasteiger charge is -2.07. The van der Waals surface area contributed by atoms with Gasteiger partial charge < -0.3 is 20.2 Å². The maximum Gasteiger partial charge on any atom is 0.255 e. The van der Waals surface area contributed by atoms with Crippen molar-refractivity contribution in [3.8, 4) is 17.1 Å². The van der Waals surface area contributed by atoms with Crippen LogP contribution in [0.3, 0.4) is 0 Å². The van der Waals surface area contributed by atoms with Crippen LogP contribution in [-0.2, 0) is 11.3 Å². The number of rotatable bonds is 7. The Hall–Kier alpha value is -3.28. The van der Waals surface area contributed by atoms with Gasteiger partial charge in [-0.15, -0.1) is 0 Å². The fraction of sp³-hybridized carbons (Fsp3) is 0.150. The maximum atomic E-state index is 13.2. The molecule has 2 aromatic carbocycles. The Bertz CT molecular complexity index is 904. The number of ether oxygens (including phenoxy) is 1. The molecule has 0 aliphatic heterocycles. The Labute approximate surface area is 150 Å². The average molecular weight is 354 g/mol. The van der Waals surface area contributed by atoms with Crippen LogP contribution >= 0.6 is 0 Å². The number of furan rings is 1. The van der Waals surface area contributed by atoms with Gasteiger partial charge >= 0.3 is 0 Å². The number of anilines is 1. The molecule has 134 valence electrons. The van der Waals surface area contributed by atoms with Crippen LogP contribution in [0.2, 0.25) is 0 Å². The van der Waals surface area contributed by atoms with Gasteiger partial charge in [0.05, 0.1) is 6.54 Å². The monoisotopic (exact) mass is 354 g/mol. The summed E-state index contributed by atoms with van der Waals surface area (Å²) in [5.74, 6) is 1.26. The van der Waals surface area contributed by atoms with Crippen LogP contribution in [0, 0.1) is 12.7 Å². The van der Waals surface area contributed by atoms with Crippen LogP contribution in [0.5, 0.6) is 5.75 Å². The van der Waals surface area contributed by atoms with Crippen molar-refractivity contribution in [2.75, 3.05) is 11.9 Å². The van der Waals surface area contributed by atoms with E-state index in [9.17, 15) is 9.18 Å². The zero-order valence-electron chi connectivity index (χ0n) is 14.3. The molecule has 0 radical (unpaired) electrons. The van der Waals surface area contributed by atoms with Gasteiger partial charge in [0.15, 0.2) is 6.61 Å². The predicted octanol–water partition coefficient (Wildman–Crippen LogP) is 3.87. The fourth-order valence-electron chi connectivity index (χ4n) is 2.53. The first-order chi connectivity index (χ1) is 12.5. The molecule has 0 bridgehead atoms. The van der Waals surface area contributed by atoms with Crippen LogP contribution in [0.15, 0.2) is 59.0 Å². The van der Waals surface area contributed by atoms with Crippen molar-refractivity contribution < 1.29 is 18.3 Å². The van der Waals surface area contributed by atoms with Crippen molar-refractivity contribution in [1.82, 2.24) is 0 Å². The molecule has 3 rings (SSSR count). The van der Waals surface area contributed by atoms with Gasteiger partial charge in [-0.25, -0.2) is 4.39 Å². The quantitative estimate of drug-likeness (QED) is 0.675. The van der Waals surface area contributed by atoms with Gasteiger partial charge in [0.1, 0.15) is 23.1 Å². The molecule has 0 spiro atoms. The second-order valence-corrected chi connectivity index (χ2v) is 5.86. The molecule has 1 aromatic heterocycles. The largest absolute Gasteiger partial charge is 0.484 e. The maximum absolute atomic E-state index is 13.2. The summed E-state index contributed by atoms with van der Waals surface area (Å²) in [7, 11) is 0. The number of hydrogen-bond donors (Lipinski definition) is 2. The third kappa shape index (κ3) is 4.42. The zero-order valence-corrected chi connectivity index (χ0v) is 14.3. The molecule has 1 amide bonds. The molecular weight excluding hydrogens is 335 g/mol. The lowest BCUT2D eigenvalue weighted by atomic mass is 10.1. The predicted molar refractivity (Wildman–Crippen MR) is 97.3 cm³/mol. The summed E-state index contributed by atoms with van der Waals surface area (Å²) in [6, 6.07) is 15.6. The Morgan fingerprint density at radius 1 is 1.15 bits per heavy atom. The van der Waals surface area contributed by atoms with Crippen molar-refractivity contribution in [2.24, 2.45) is 5.73 Å². The molecule has 5 nitrogen and oxygen atoms in total. The van der Waals surface area contributed by atoms with E-state index in [-0.39, 0.29) is 12.4 Å². The third-order valence-electron chi connectivity index (χ3n) is 3.82. The van der Waals surface area contributed by atoms with Crippen LogP contribution in [-0.4, -0.2) is 12.5 Å². The van der Waals surface area contributed by atoms with Crippen LogP contribution in [0.25, 0.3) is 11.3 Å². The molecule has 1 heterocycles. The molecule has 6 heteroatoms. The number of nitrogens with two attached hydrogens (primary N) is 1. The van der Waals surface area contributed by atoms with Crippen molar-refractivity contribution in [2.45, 2.75) is 13.5 Å². The van der Waals surface area contributed by atoms with Crippen molar-refractivity contribution >= 4 is 11.6 Å². The van der Waals surface area contributed by atoms with Crippen molar-refractivity contribution in [3.63, 3.8) is 0 Å². The van der Waals surface area contributed by atoms with Crippen LogP contribution < -0.4 is 15.8 Å². The highest BCUT2D eigenvalue weighted by Gasteiger charge is 2.08. The van der Waals surface area contributed by atoms with E-state index in [1.54, 1.807) is 18.2 Å². The van der Waals surface area contributed by atoms with E-state index in [1.807, 2.05) is 31.2 Å². The first kappa shape index (κ1) is 17.5. The molecule has 0 fully saturated rings. The lowest BCUT2D eigenvalue weighted by molar-refractivity contribution is -0.119. The van der Waals surface area contributed by atoms with Gasteiger partial charge in [0.2, 0.25) is 0 Å². The number of halogens is 1. The van der Waals surface area contributed by atoms with E-state index in [0.717, 1.165) is 22.6 Å². The van der Waals surface area contributed by atoms with Gasteiger partial charge in [-0.3, -0.25) is 4.79 Å². The Kier molecular flexibility index (Phi) is 5.22. The van der Waals surface area contributed by atoms with Crippen LogP contribution in [0.4, 0.5) is 10.1 Å². The van der Waals surface area contributed by atoms with E-state index < -0.39 is 5.91 Å². The topological polar surface area (TPSA) is 77.5 Å². The van der Waals surface area contributed by atoms with Gasteiger partial charge in [0.25, 0.3) is 5.91 Å². The summed E-state index contributed by atoms with van der Waals surface area (Å²) in [5.41, 5.74) is 7.61. The summed E-state index contributed by atoms with van der Waals surface area (Å²) in [4.78, 5) is 10.7. The minimum absolute atomic E-state index is 0.148. The fourth-order valence-corrected chi connectivity index (χ4v) is 2.53. The summed E-state index contributed by atoms with van der Waals surface area (Å²) in [6.45, 7) is 2.20. The van der Waals surface area contributed by atoms with E-state index in [4.69, 9.17) is 14.9 Å². The number of hydrogen-bond acceptors (Lipinski definition) is 4. The van der Waals surface area contributed by atoms with E-state index in [1.165, 1.54) is 12.1 Å². The first-order valence-corrected chi connectivity index (χ1v) is 8.11. The molecule has 0 atom stereocenters. The summed E-state index contributed by atoms with van der Waals surface area (Å²) < 4.78 is 24.3. The molecule has 0 saturated carbocycles. The number of primary amides is 1. The lowest BCUT2D eigenvalue weighted by Crippen LogP contribution is -2.19. The molecule has 0 aliphatic rings. The van der Waals surface area contributed by atoms with E-state index in [2.05, 4.69) is 5.32 Å². The van der Waals surface area contributed by atoms with Crippen molar-refractivity contribution in [3.05, 3.63) is 71.7 Å². The highest BCUT2D eigenvalue weighted by molar-refractivity contribution is 5.75. The van der Waals surface area contributed by atoms with Gasteiger partial charge in [0, 0.05) is 11.3 Å². The van der Waals surface area contributed by atoms with E-state index in [0.29, 0.717) is 18.1 Å². The number of amides is 1. The molecule has 3 N–H and O–H groups in total. The minimum Gasteiger partial charge on any atom is -0.484 e. The van der Waals surface area contributed by atoms with Crippen molar-refractivity contribution in [1.29, 1.82) is 0 Å². The second kappa shape index (κ2) is 7.74. The Morgan fingerprint density at radius 2 is 1.92 bits per heavy atom. The normalized spacial score (nSPS) is 10.5. The second-order valence-electron chi connectivity index (χ2n) is 5.86. The van der Waals surface area contributed by atoms with Gasteiger partial charge in [-0.05, 0) is 67.1 Å². The van der Waals surface area contributed by atoms with E-state index >= 15 is 0 Å². The number of nitrogens with one attached hydrogen (secondary N) is 1. The molecular formula is C20H19FN2O3. The van der Waals surface area contributed by atoms with Gasteiger partial charge in [-0.2, -0.15) is 0 Å². The first-order valence-electron chi connectivity index (χ1n) is 8.11. The standard InChI is InChI=1S/C20H19FN2O3/c1-13-10-14(21)2-8-18(13)19-9-7-17(26-19)11-23-15-3-5-16(6-4-15)25-12-20(22)24/h2-10,23H,11-12H2,1H3,(H2,22,24). The molecule has 0 unspecified atom stereocenters. The highest BCUT2D eigenvalue weighted by Crippen LogP contribution is 2.26. The molecule has 0 aliphatic carbocycles. The molecule has 26 heavy (non-hydrogen) atoms. The number of aryl methyl sites for hydroxylation is 1. The SMILES string of the molecule is Cc1cc(F)ccc1-c1ccc(CNc2ccc(OCC(N)=O)cc2)o1. The third-order valence-corrected chi connectivity index (χ3v) is 3.82. The molecule has 0 saturated heterocycles. The Morgan fingerprint density at radius 3 is 2.62 bits per heavy atom. The van der Waals surface area contributed by atoms with Gasteiger partial charge in [-0.1, -0.05) is 0 Å². The number of carbonyl (C=O) groups excluding carboxylic acids is 1. The smallest absolute Gasteiger partial charge is 0.255 e. The Balaban J connectivity index is 1.60. The zero-order chi connectivity index (χ0) is 18.5.